The van der Waals surface area contributed by atoms with Crippen molar-refractivity contribution in [2.45, 2.75) is 6.54 Å². The molecule has 0 aliphatic carbocycles. The first kappa shape index (κ1) is 15.7. The van der Waals surface area contributed by atoms with Crippen LogP contribution in [0.5, 0.6) is 11.5 Å². The Kier molecular flexibility index (Phi) is 5.15. The minimum absolute atomic E-state index is 0.255. The molecule has 0 radical (unpaired) electrons. The van der Waals surface area contributed by atoms with E-state index in [4.69, 9.17) is 32.7 Å². The molecule has 0 atom stereocenters. The Labute approximate surface area is 132 Å². The third-order valence-electron chi connectivity index (χ3n) is 2.93. The van der Waals surface area contributed by atoms with Gasteiger partial charge in [-0.15, -0.1) is 0 Å². The Hall–Kier alpha value is -1.65. The fourth-order valence-corrected chi connectivity index (χ4v) is 2.47. The number of benzene rings is 2. The minimum atomic E-state index is -0.408. The van der Waals surface area contributed by atoms with E-state index in [0.717, 1.165) is 5.56 Å². The van der Waals surface area contributed by atoms with Gasteiger partial charge in [0.1, 0.15) is 5.82 Å². The van der Waals surface area contributed by atoms with Crippen LogP contribution in [0.15, 0.2) is 30.3 Å². The fraction of sp³-hybridized carbons (Fsp3) is 0.200. The van der Waals surface area contributed by atoms with E-state index < -0.39 is 5.82 Å². The molecule has 21 heavy (non-hydrogen) atoms. The van der Waals surface area contributed by atoms with Crippen molar-refractivity contribution in [1.82, 2.24) is 0 Å². The molecule has 0 spiro atoms. The van der Waals surface area contributed by atoms with Crippen molar-refractivity contribution in [2.24, 2.45) is 0 Å². The van der Waals surface area contributed by atoms with Gasteiger partial charge in [-0.05, 0) is 29.8 Å². The summed E-state index contributed by atoms with van der Waals surface area (Å²) in [7, 11) is 3.04. The molecule has 0 aliphatic rings. The highest BCUT2D eigenvalue weighted by molar-refractivity contribution is 6.33. The average molecular weight is 330 g/mol. The Balaban J connectivity index is 2.23. The first-order valence-electron chi connectivity index (χ1n) is 6.15. The van der Waals surface area contributed by atoms with Crippen molar-refractivity contribution in [3.63, 3.8) is 0 Å². The van der Waals surface area contributed by atoms with Crippen LogP contribution >= 0.6 is 23.2 Å². The quantitative estimate of drug-likeness (QED) is 0.857. The lowest BCUT2D eigenvalue weighted by Crippen LogP contribution is -2.03. The van der Waals surface area contributed by atoms with Crippen LogP contribution < -0.4 is 14.8 Å². The molecule has 6 heteroatoms. The van der Waals surface area contributed by atoms with Crippen LogP contribution in [0.4, 0.5) is 10.1 Å². The summed E-state index contributed by atoms with van der Waals surface area (Å²) in [5.74, 6) is 0.572. The smallest absolute Gasteiger partial charge is 0.179 e. The predicted molar refractivity (Wildman–Crippen MR) is 83.3 cm³/mol. The molecule has 0 heterocycles. The summed E-state index contributed by atoms with van der Waals surface area (Å²) in [5, 5.41) is 3.70. The lowest BCUT2D eigenvalue weighted by Gasteiger charge is -2.13. The zero-order chi connectivity index (χ0) is 15.4. The lowest BCUT2D eigenvalue weighted by atomic mass is 10.2. The van der Waals surface area contributed by atoms with E-state index in [0.29, 0.717) is 28.1 Å². The maximum absolute atomic E-state index is 13.7. The van der Waals surface area contributed by atoms with E-state index in [1.807, 2.05) is 0 Å². The number of anilines is 1. The number of hydrogen-bond donors (Lipinski definition) is 1. The Bertz CT molecular complexity index is 630. The summed E-state index contributed by atoms with van der Waals surface area (Å²) in [5.41, 5.74) is 1.07. The van der Waals surface area contributed by atoms with E-state index in [9.17, 15) is 4.39 Å². The monoisotopic (exact) mass is 329 g/mol. The molecule has 0 amide bonds. The SMILES string of the molecule is COc1cc(CNc2c(F)cccc2Cl)cc(Cl)c1OC. The van der Waals surface area contributed by atoms with Crippen molar-refractivity contribution >= 4 is 28.9 Å². The van der Waals surface area contributed by atoms with E-state index in [1.165, 1.54) is 20.3 Å². The molecule has 2 aromatic rings. The van der Waals surface area contributed by atoms with Crippen LogP contribution in [0.25, 0.3) is 0 Å². The third kappa shape index (κ3) is 3.52. The summed E-state index contributed by atoms with van der Waals surface area (Å²) in [6.45, 7) is 0.348. The second-order valence-electron chi connectivity index (χ2n) is 4.26. The van der Waals surface area contributed by atoms with Gasteiger partial charge in [-0.25, -0.2) is 4.39 Å². The Morgan fingerprint density at radius 2 is 1.86 bits per heavy atom. The highest BCUT2D eigenvalue weighted by Crippen LogP contribution is 2.36. The van der Waals surface area contributed by atoms with Gasteiger partial charge in [0, 0.05) is 6.54 Å². The van der Waals surface area contributed by atoms with Gasteiger partial charge in [-0.3, -0.25) is 0 Å². The van der Waals surface area contributed by atoms with Gasteiger partial charge >= 0.3 is 0 Å². The number of rotatable bonds is 5. The van der Waals surface area contributed by atoms with Crippen LogP contribution in [0.3, 0.4) is 0 Å². The highest BCUT2D eigenvalue weighted by atomic mass is 35.5. The molecule has 0 saturated carbocycles. The first-order valence-corrected chi connectivity index (χ1v) is 6.90. The number of halogens is 3. The van der Waals surface area contributed by atoms with Gasteiger partial charge in [0.15, 0.2) is 11.5 Å². The molecule has 0 aromatic heterocycles. The summed E-state index contributed by atoms with van der Waals surface area (Å²) >= 11 is 12.1. The van der Waals surface area contributed by atoms with Crippen molar-refractivity contribution in [3.05, 3.63) is 51.8 Å². The highest BCUT2D eigenvalue weighted by Gasteiger charge is 2.12. The fourth-order valence-electron chi connectivity index (χ4n) is 1.93. The Morgan fingerprint density at radius 3 is 2.48 bits per heavy atom. The third-order valence-corrected chi connectivity index (χ3v) is 3.52. The van der Waals surface area contributed by atoms with Crippen LogP contribution in [-0.2, 0) is 6.54 Å². The second kappa shape index (κ2) is 6.87. The summed E-state index contributed by atoms with van der Waals surface area (Å²) in [6, 6.07) is 8.01. The molecular weight excluding hydrogens is 316 g/mol. The van der Waals surface area contributed by atoms with Crippen molar-refractivity contribution in [1.29, 1.82) is 0 Å². The number of para-hydroxylation sites is 1. The first-order chi connectivity index (χ1) is 10.1. The largest absolute Gasteiger partial charge is 0.493 e. The molecule has 0 saturated heterocycles. The van der Waals surface area contributed by atoms with E-state index in [2.05, 4.69) is 5.32 Å². The molecule has 0 bridgehead atoms. The number of hydrogen-bond acceptors (Lipinski definition) is 3. The molecule has 2 rings (SSSR count). The zero-order valence-corrected chi connectivity index (χ0v) is 13.1. The molecule has 0 aliphatic heterocycles. The maximum Gasteiger partial charge on any atom is 0.179 e. The lowest BCUT2D eigenvalue weighted by molar-refractivity contribution is 0.355. The summed E-state index contributed by atoms with van der Waals surface area (Å²) in [6.07, 6.45) is 0. The Morgan fingerprint density at radius 1 is 1.10 bits per heavy atom. The van der Waals surface area contributed by atoms with E-state index >= 15 is 0 Å². The van der Waals surface area contributed by atoms with Crippen molar-refractivity contribution in [3.8, 4) is 11.5 Å². The average Bonchev–Trinajstić information content (AvgIpc) is 2.46. The van der Waals surface area contributed by atoms with Gasteiger partial charge < -0.3 is 14.8 Å². The number of ether oxygens (including phenoxy) is 2. The minimum Gasteiger partial charge on any atom is -0.493 e. The maximum atomic E-state index is 13.7. The molecule has 3 nitrogen and oxygen atoms in total. The van der Waals surface area contributed by atoms with Gasteiger partial charge in [-0.1, -0.05) is 29.3 Å². The van der Waals surface area contributed by atoms with E-state index in [-0.39, 0.29) is 5.69 Å². The summed E-state index contributed by atoms with van der Waals surface area (Å²) in [4.78, 5) is 0. The topological polar surface area (TPSA) is 30.5 Å². The standard InChI is InChI=1S/C15H14Cl2FNO2/c1-20-13-7-9(6-11(17)15(13)21-2)8-19-14-10(16)4-3-5-12(14)18/h3-7,19H,8H2,1-2H3. The van der Waals surface area contributed by atoms with Crippen LogP contribution in [0.1, 0.15) is 5.56 Å². The molecule has 1 N–H and O–H groups in total. The van der Waals surface area contributed by atoms with Gasteiger partial charge in [0.2, 0.25) is 0 Å². The molecule has 0 unspecified atom stereocenters. The predicted octanol–water partition coefficient (Wildman–Crippen LogP) is 4.76. The van der Waals surface area contributed by atoms with Crippen LogP contribution in [0, 0.1) is 5.82 Å². The van der Waals surface area contributed by atoms with Gasteiger partial charge in [0.05, 0.1) is 30.0 Å². The second-order valence-corrected chi connectivity index (χ2v) is 5.08. The van der Waals surface area contributed by atoms with Crippen molar-refractivity contribution < 1.29 is 13.9 Å². The van der Waals surface area contributed by atoms with Crippen LogP contribution in [-0.4, -0.2) is 14.2 Å². The molecule has 0 fully saturated rings. The van der Waals surface area contributed by atoms with E-state index in [1.54, 1.807) is 24.3 Å². The van der Waals surface area contributed by atoms with Crippen molar-refractivity contribution in [2.75, 3.05) is 19.5 Å². The van der Waals surface area contributed by atoms with Gasteiger partial charge in [-0.2, -0.15) is 0 Å². The molecule has 112 valence electrons. The van der Waals surface area contributed by atoms with Gasteiger partial charge in [0.25, 0.3) is 0 Å². The normalized spacial score (nSPS) is 10.3. The molecule has 2 aromatic carbocycles. The molecular formula is C15H14Cl2FNO2. The summed E-state index contributed by atoms with van der Waals surface area (Å²) < 4.78 is 24.1. The number of methoxy groups -OCH3 is 2. The number of nitrogens with one attached hydrogen (secondary N) is 1. The van der Waals surface area contributed by atoms with Crippen LogP contribution in [0.2, 0.25) is 10.0 Å². The zero-order valence-electron chi connectivity index (χ0n) is 11.5.